The van der Waals surface area contributed by atoms with Gasteiger partial charge in [-0.1, -0.05) is 36.0 Å². The Morgan fingerprint density at radius 2 is 2.03 bits per heavy atom. The van der Waals surface area contributed by atoms with Crippen molar-refractivity contribution in [1.29, 1.82) is 0 Å². The average Bonchev–Trinajstić information content (AvgIpc) is 3.30. The van der Waals surface area contributed by atoms with Gasteiger partial charge in [-0.3, -0.25) is 9.59 Å². The molecular formula is C22H21N5O2S. The van der Waals surface area contributed by atoms with Crippen molar-refractivity contribution in [1.82, 2.24) is 24.3 Å². The minimum Gasteiger partial charge on any atom is -0.345 e. The minimum absolute atomic E-state index is 0.0114. The number of para-hydroxylation sites is 1. The molecule has 1 aromatic carbocycles. The number of allylic oxidation sites excluding steroid dienone is 1. The predicted molar refractivity (Wildman–Crippen MR) is 119 cm³/mol. The Morgan fingerprint density at radius 3 is 2.77 bits per heavy atom. The first-order chi connectivity index (χ1) is 14.5. The van der Waals surface area contributed by atoms with Crippen LogP contribution < -0.4 is 5.56 Å². The van der Waals surface area contributed by atoms with Crippen LogP contribution in [0.2, 0.25) is 0 Å². The third-order valence-electron chi connectivity index (χ3n) is 4.94. The molecule has 8 heteroatoms. The van der Waals surface area contributed by atoms with Gasteiger partial charge in [0.25, 0.3) is 5.56 Å². The van der Waals surface area contributed by atoms with Gasteiger partial charge in [-0.05, 0) is 32.0 Å². The number of rotatable bonds is 7. The van der Waals surface area contributed by atoms with Crippen LogP contribution in [0.3, 0.4) is 0 Å². The maximum atomic E-state index is 12.8. The first-order valence-electron chi connectivity index (χ1n) is 9.46. The maximum Gasteiger partial charge on any atom is 0.262 e. The molecule has 3 heterocycles. The number of ketones is 1. The van der Waals surface area contributed by atoms with E-state index in [2.05, 4.69) is 26.2 Å². The highest BCUT2D eigenvalue weighted by atomic mass is 32.2. The fourth-order valence-corrected chi connectivity index (χ4v) is 4.17. The number of thioether (sulfide) groups is 1. The topological polar surface area (TPSA) is 85.6 Å². The van der Waals surface area contributed by atoms with E-state index < -0.39 is 0 Å². The fourth-order valence-electron chi connectivity index (χ4n) is 3.43. The Labute approximate surface area is 177 Å². The molecule has 0 aliphatic rings. The summed E-state index contributed by atoms with van der Waals surface area (Å²) in [5.41, 5.74) is 3.61. The molecule has 152 valence electrons. The van der Waals surface area contributed by atoms with Crippen molar-refractivity contribution in [2.24, 2.45) is 0 Å². The van der Waals surface area contributed by atoms with Gasteiger partial charge in [0.1, 0.15) is 5.39 Å². The van der Waals surface area contributed by atoms with Gasteiger partial charge in [0.15, 0.2) is 16.6 Å². The minimum atomic E-state index is -0.277. The number of nitrogens with zero attached hydrogens (tertiary/aromatic N) is 4. The van der Waals surface area contributed by atoms with Gasteiger partial charge in [0.2, 0.25) is 0 Å². The highest BCUT2D eigenvalue weighted by Gasteiger charge is 2.17. The van der Waals surface area contributed by atoms with E-state index in [4.69, 9.17) is 0 Å². The van der Waals surface area contributed by atoms with Crippen molar-refractivity contribution in [3.05, 3.63) is 82.6 Å². The Kier molecular flexibility index (Phi) is 5.41. The second-order valence-electron chi connectivity index (χ2n) is 6.90. The van der Waals surface area contributed by atoms with E-state index in [0.717, 1.165) is 17.1 Å². The third-order valence-corrected chi connectivity index (χ3v) is 5.82. The Balaban J connectivity index is 1.60. The number of hydrogen-bond donors (Lipinski definition) is 1. The van der Waals surface area contributed by atoms with Crippen molar-refractivity contribution >= 4 is 28.6 Å². The maximum absolute atomic E-state index is 12.8. The van der Waals surface area contributed by atoms with Crippen LogP contribution in [0.1, 0.15) is 21.7 Å². The summed E-state index contributed by atoms with van der Waals surface area (Å²) >= 11 is 1.21. The summed E-state index contributed by atoms with van der Waals surface area (Å²) in [6.45, 7) is 8.33. The fraction of sp³-hybridized carbons (Fsp3) is 0.182. The number of fused-ring (bicyclic) bond motifs is 1. The van der Waals surface area contributed by atoms with E-state index >= 15 is 0 Å². The van der Waals surface area contributed by atoms with Crippen LogP contribution in [0.15, 0.2) is 65.2 Å². The zero-order chi connectivity index (χ0) is 21.3. The molecule has 0 unspecified atom stereocenters. The number of carbonyl (C=O) groups excluding carboxylic acids is 1. The smallest absolute Gasteiger partial charge is 0.262 e. The van der Waals surface area contributed by atoms with Crippen LogP contribution in [-0.4, -0.2) is 35.9 Å². The van der Waals surface area contributed by atoms with Crippen molar-refractivity contribution in [2.45, 2.75) is 25.5 Å². The zero-order valence-electron chi connectivity index (χ0n) is 16.8. The standard InChI is InChI=1S/C22H21N5O2S/c1-4-10-26-14(2)11-17(15(26)3)19(28)13-30-22-24-20-18(21(29)25-22)12-23-27(20)16-8-6-5-7-9-16/h4-9,11-12H,1,10,13H2,2-3H3,(H,24,25,29). The number of hydrogen-bond acceptors (Lipinski definition) is 5. The molecule has 0 amide bonds. The van der Waals surface area contributed by atoms with Crippen LogP contribution in [-0.2, 0) is 6.54 Å². The molecule has 0 fully saturated rings. The Bertz CT molecular complexity index is 1300. The largest absolute Gasteiger partial charge is 0.345 e. The summed E-state index contributed by atoms with van der Waals surface area (Å²) in [5.74, 6) is 0.162. The number of aromatic amines is 1. The molecule has 7 nitrogen and oxygen atoms in total. The molecule has 0 saturated heterocycles. The molecule has 0 spiro atoms. The summed E-state index contributed by atoms with van der Waals surface area (Å²) in [6, 6.07) is 11.4. The number of benzene rings is 1. The second-order valence-corrected chi connectivity index (χ2v) is 7.86. The van der Waals surface area contributed by atoms with E-state index in [9.17, 15) is 9.59 Å². The molecule has 0 radical (unpaired) electrons. The molecule has 0 saturated carbocycles. The normalized spacial score (nSPS) is 11.1. The van der Waals surface area contributed by atoms with Crippen molar-refractivity contribution in [3.8, 4) is 5.69 Å². The number of H-pyrrole nitrogens is 1. The lowest BCUT2D eigenvalue weighted by Crippen LogP contribution is -2.11. The molecule has 0 atom stereocenters. The lowest BCUT2D eigenvalue weighted by Gasteiger charge is -2.06. The van der Waals surface area contributed by atoms with E-state index in [1.807, 2.05) is 56.3 Å². The first kappa shape index (κ1) is 19.9. The van der Waals surface area contributed by atoms with Crippen LogP contribution in [0.25, 0.3) is 16.7 Å². The highest BCUT2D eigenvalue weighted by molar-refractivity contribution is 7.99. The number of carbonyl (C=O) groups is 1. The summed E-state index contributed by atoms with van der Waals surface area (Å²) < 4.78 is 3.68. The van der Waals surface area contributed by atoms with E-state index in [0.29, 0.717) is 28.3 Å². The summed E-state index contributed by atoms with van der Waals surface area (Å²) in [7, 11) is 0. The van der Waals surface area contributed by atoms with Crippen molar-refractivity contribution < 1.29 is 4.79 Å². The number of aromatic nitrogens is 5. The SMILES string of the molecule is C=CCn1c(C)cc(C(=O)CSc2nc3c(cnn3-c3ccccc3)c(=O)[nH]2)c1C. The van der Waals surface area contributed by atoms with Gasteiger partial charge in [0.05, 0.1) is 17.6 Å². The van der Waals surface area contributed by atoms with E-state index in [1.165, 1.54) is 18.0 Å². The van der Waals surface area contributed by atoms with Gasteiger partial charge in [-0.25, -0.2) is 9.67 Å². The van der Waals surface area contributed by atoms with Crippen LogP contribution in [0, 0.1) is 13.8 Å². The number of nitrogens with one attached hydrogen (secondary N) is 1. The summed E-state index contributed by atoms with van der Waals surface area (Å²) in [4.78, 5) is 32.6. The Hall–Kier alpha value is -3.39. The quantitative estimate of drug-likeness (QED) is 0.214. The monoisotopic (exact) mass is 419 g/mol. The lowest BCUT2D eigenvalue weighted by molar-refractivity contribution is 0.102. The number of Topliss-reactive ketones (excluding diaryl/α,β-unsaturated/α-hetero) is 1. The Morgan fingerprint density at radius 1 is 1.27 bits per heavy atom. The predicted octanol–water partition coefficient (Wildman–Crippen LogP) is 3.69. The summed E-state index contributed by atoms with van der Waals surface area (Å²) in [5, 5.41) is 5.09. The van der Waals surface area contributed by atoms with Crippen LogP contribution in [0.5, 0.6) is 0 Å². The van der Waals surface area contributed by atoms with Gasteiger partial charge < -0.3 is 9.55 Å². The van der Waals surface area contributed by atoms with Gasteiger partial charge in [-0.2, -0.15) is 5.10 Å². The lowest BCUT2D eigenvalue weighted by atomic mass is 10.2. The molecule has 0 aliphatic carbocycles. The van der Waals surface area contributed by atoms with Crippen molar-refractivity contribution in [3.63, 3.8) is 0 Å². The highest BCUT2D eigenvalue weighted by Crippen LogP contribution is 2.21. The molecule has 30 heavy (non-hydrogen) atoms. The number of aryl methyl sites for hydroxylation is 1. The van der Waals surface area contributed by atoms with Gasteiger partial charge >= 0.3 is 0 Å². The van der Waals surface area contributed by atoms with Gasteiger partial charge in [-0.15, -0.1) is 6.58 Å². The van der Waals surface area contributed by atoms with Gasteiger partial charge in [0, 0.05) is 23.5 Å². The van der Waals surface area contributed by atoms with Crippen LogP contribution in [0.4, 0.5) is 0 Å². The van der Waals surface area contributed by atoms with E-state index in [-0.39, 0.29) is 17.1 Å². The van der Waals surface area contributed by atoms with Crippen LogP contribution >= 0.6 is 11.8 Å². The van der Waals surface area contributed by atoms with E-state index in [1.54, 1.807) is 4.68 Å². The molecular weight excluding hydrogens is 398 g/mol. The molecule has 4 aromatic rings. The first-order valence-corrected chi connectivity index (χ1v) is 10.4. The molecule has 4 rings (SSSR count). The third kappa shape index (κ3) is 3.61. The molecule has 0 aliphatic heterocycles. The second kappa shape index (κ2) is 8.16. The zero-order valence-corrected chi connectivity index (χ0v) is 17.6. The molecule has 1 N–H and O–H groups in total. The van der Waals surface area contributed by atoms with Crippen molar-refractivity contribution in [2.75, 3.05) is 5.75 Å². The molecule has 3 aromatic heterocycles. The molecule has 0 bridgehead atoms. The average molecular weight is 420 g/mol. The summed E-state index contributed by atoms with van der Waals surface area (Å²) in [6.07, 6.45) is 3.31.